The molecule has 1 unspecified atom stereocenters. The van der Waals surface area contributed by atoms with Gasteiger partial charge in [-0.05, 0) is 68.6 Å². The Balaban J connectivity index is 1.88. The molecule has 3 rings (SSSR count). The van der Waals surface area contributed by atoms with Gasteiger partial charge in [0.15, 0.2) is 0 Å². The van der Waals surface area contributed by atoms with E-state index in [9.17, 15) is 24.3 Å². The summed E-state index contributed by atoms with van der Waals surface area (Å²) in [6.45, 7) is 6.08. The molecule has 2 aliphatic rings. The first kappa shape index (κ1) is 34.1. The number of allylic oxidation sites excluding steroid dienone is 2. The monoisotopic (exact) mass is 600 g/mol. The van der Waals surface area contributed by atoms with E-state index in [-0.39, 0.29) is 30.1 Å². The van der Waals surface area contributed by atoms with Crippen LogP contribution in [-0.2, 0) is 35.1 Å². The van der Waals surface area contributed by atoms with E-state index >= 15 is 0 Å². The molecule has 5 atom stereocenters. The molecule has 11 nitrogen and oxygen atoms in total. The van der Waals surface area contributed by atoms with Crippen molar-refractivity contribution in [3.63, 3.8) is 0 Å². The van der Waals surface area contributed by atoms with E-state index in [1.165, 1.54) is 17.1 Å². The Morgan fingerprint density at radius 3 is 2.51 bits per heavy atom. The first-order valence-electron chi connectivity index (χ1n) is 15.4. The van der Waals surface area contributed by atoms with Crippen molar-refractivity contribution >= 4 is 23.7 Å². The number of methoxy groups -OCH3 is 1. The second-order valence-corrected chi connectivity index (χ2v) is 11.8. The van der Waals surface area contributed by atoms with Crippen LogP contribution in [0.25, 0.3) is 0 Å². The lowest BCUT2D eigenvalue weighted by Gasteiger charge is -2.35. The average Bonchev–Trinajstić information content (AvgIpc) is 2.99. The van der Waals surface area contributed by atoms with Gasteiger partial charge in [-0.3, -0.25) is 24.2 Å². The first-order valence-corrected chi connectivity index (χ1v) is 15.4. The number of phenolic OH excluding ortho intramolecular Hbond substituents is 1. The van der Waals surface area contributed by atoms with Crippen LogP contribution in [0, 0.1) is 11.8 Å². The number of ether oxygens (including phenoxy) is 2. The van der Waals surface area contributed by atoms with Crippen molar-refractivity contribution in [1.29, 1.82) is 0 Å². The number of hydrogen-bond acceptors (Lipinski definition) is 8. The van der Waals surface area contributed by atoms with E-state index < -0.39 is 41.8 Å². The molecule has 1 fully saturated rings. The fraction of sp³-hybridized carbons (Fsp3) is 0.625. The Morgan fingerprint density at radius 1 is 1.02 bits per heavy atom. The number of fused-ring (bicyclic) bond motifs is 2. The number of phenols is 1. The molecular weight excluding hydrogens is 552 g/mol. The van der Waals surface area contributed by atoms with Crippen LogP contribution in [0.5, 0.6) is 5.75 Å². The fourth-order valence-electron chi connectivity index (χ4n) is 5.38. The van der Waals surface area contributed by atoms with Gasteiger partial charge < -0.3 is 25.2 Å². The summed E-state index contributed by atoms with van der Waals surface area (Å²) in [6.07, 6.45) is 8.84. The first-order chi connectivity index (χ1) is 20.6. The van der Waals surface area contributed by atoms with Crippen LogP contribution in [0.2, 0.25) is 0 Å². The molecule has 0 aliphatic carbocycles. The third-order valence-corrected chi connectivity index (χ3v) is 8.02. The molecule has 2 heterocycles. The highest BCUT2D eigenvalue weighted by Crippen LogP contribution is 2.18. The van der Waals surface area contributed by atoms with Gasteiger partial charge in [0.2, 0.25) is 11.8 Å². The van der Waals surface area contributed by atoms with Crippen LogP contribution >= 0.6 is 0 Å². The summed E-state index contributed by atoms with van der Waals surface area (Å²) < 4.78 is 11.1. The van der Waals surface area contributed by atoms with E-state index in [1.807, 2.05) is 13.8 Å². The molecule has 1 aromatic carbocycles. The summed E-state index contributed by atoms with van der Waals surface area (Å²) >= 11 is 0. The molecular formula is C32H48N4O7. The maximum atomic E-state index is 13.8. The number of benzene rings is 1. The van der Waals surface area contributed by atoms with Gasteiger partial charge in [-0.15, -0.1) is 0 Å². The molecule has 2 bridgehead atoms. The number of cyclic esters (lactones) is 1. The van der Waals surface area contributed by atoms with Crippen molar-refractivity contribution in [2.75, 3.05) is 20.3 Å². The highest BCUT2D eigenvalue weighted by atomic mass is 16.5. The van der Waals surface area contributed by atoms with Crippen molar-refractivity contribution in [2.45, 2.75) is 96.4 Å². The Hall–Kier alpha value is -3.44. The maximum absolute atomic E-state index is 13.8. The van der Waals surface area contributed by atoms with Gasteiger partial charge in [-0.25, -0.2) is 5.43 Å². The number of esters is 1. The summed E-state index contributed by atoms with van der Waals surface area (Å²) in [5.74, 6) is -2.37. The van der Waals surface area contributed by atoms with E-state index in [1.54, 1.807) is 26.2 Å². The van der Waals surface area contributed by atoms with Crippen LogP contribution < -0.4 is 16.1 Å². The number of hydrogen-bond donors (Lipinski definition) is 4. The number of amides is 3. The second-order valence-electron chi connectivity index (χ2n) is 11.8. The van der Waals surface area contributed by atoms with Gasteiger partial charge >= 0.3 is 5.97 Å². The van der Waals surface area contributed by atoms with Crippen LogP contribution in [0.1, 0.15) is 71.3 Å². The molecule has 238 valence electrons. The number of aromatic hydroxyl groups is 1. The predicted octanol–water partition coefficient (Wildman–Crippen LogP) is 2.77. The molecule has 0 aromatic heterocycles. The summed E-state index contributed by atoms with van der Waals surface area (Å²) in [7, 11) is 1.58. The Morgan fingerprint density at radius 2 is 1.79 bits per heavy atom. The minimum Gasteiger partial charge on any atom is -0.508 e. The third kappa shape index (κ3) is 10.4. The number of nitrogens with one attached hydrogen (secondary N) is 3. The van der Waals surface area contributed by atoms with Crippen LogP contribution in [-0.4, -0.2) is 78.3 Å². The Labute approximate surface area is 254 Å². The number of carbonyl (C=O) groups excluding carboxylic acids is 4. The second kappa shape index (κ2) is 17.0. The fourth-order valence-corrected chi connectivity index (χ4v) is 5.38. The Kier molecular flexibility index (Phi) is 13.5. The van der Waals surface area contributed by atoms with E-state index in [4.69, 9.17) is 9.47 Å². The lowest BCUT2D eigenvalue weighted by molar-refractivity contribution is -0.153. The highest BCUT2D eigenvalue weighted by Gasteiger charge is 2.36. The third-order valence-electron chi connectivity index (χ3n) is 8.02. The summed E-state index contributed by atoms with van der Waals surface area (Å²) in [5.41, 5.74) is 3.65. The summed E-state index contributed by atoms with van der Waals surface area (Å²) in [4.78, 5) is 53.6. The summed E-state index contributed by atoms with van der Waals surface area (Å²) in [6, 6.07) is 3.89. The van der Waals surface area contributed by atoms with Gasteiger partial charge in [0.05, 0.1) is 18.6 Å². The van der Waals surface area contributed by atoms with E-state index in [2.05, 4.69) is 28.2 Å². The minimum absolute atomic E-state index is 0.0399. The topological polar surface area (TPSA) is 146 Å². The lowest BCUT2D eigenvalue weighted by Crippen LogP contribution is -2.62. The standard InChI is InChI=1S/C32H48N4O7/c1-21(2)28-30(39)33-26(20-23-13-11-14-24(37)19-23)31(40)36-17-12-15-25(35-36)32(41)43-18-10-8-6-5-7-9-16-27(42-4)22(3)29(38)34-28/h5,7,11,13-14,19,21-22,25-28,35,37H,6,8-10,12,15-18,20H2,1-4H3,(H,33,39)(H,34,38)/t22-,25?,26+,27-,28+/m1/s1. The van der Waals surface area contributed by atoms with Crippen molar-refractivity contribution in [1.82, 2.24) is 21.1 Å². The SMILES string of the molecule is CO[C@@H]1CCC=CCCCCOC(=O)C2CCCN(N2)C(=O)[C@H](Cc2cccc(O)c2)NC(=O)[C@H](C(C)C)NC(=O)[C@@H]1C. The number of nitrogens with zero attached hydrogens (tertiary/aromatic N) is 1. The van der Waals surface area contributed by atoms with E-state index in [0.29, 0.717) is 38.0 Å². The molecule has 11 heteroatoms. The molecule has 1 saturated heterocycles. The zero-order valence-electron chi connectivity index (χ0n) is 25.8. The van der Waals surface area contributed by atoms with Crippen molar-refractivity contribution in [2.24, 2.45) is 11.8 Å². The predicted molar refractivity (Wildman–Crippen MR) is 162 cm³/mol. The molecule has 4 N–H and O–H groups in total. The van der Waals surface area contributed by atoms with Gasteiger partial charge in [0.1, 0.15) is 23.9 Å². The molecule has 0 saturated carbocycles. The number of carbonyl (C=O) groups is 4. The molecule has 0 spiro atoms. The smallest absolute Gasteiger partial charge is 0.324 e. The average molecular weight is 601 g/mol. The normalized spacial score (nSPS) is 27.5. The van der Waals surface area contributed by atoms with Gasteiger partial charge in [-0.2, -0.15) is 0 Å². The van der Waals surface area contributed by atoms with Crippen molar-refractivity contribution < 1.29 is 33.8 Å². The molecule has 2 aliphatic heterocycles. The zero-order chi connectivity index (χ0) is 31.4. The lowest BCUT2D eigenvalue weighted by atomic mass is 9.96. The van der Waals surface area contributed by atoms with E-state index in [0.717, 1.165) is 25.7 Å². The minimum atomic E-state index is -1.02. The van der Waals surface area contributed by atoms with Gasteiger partial charge in [0, 0.05) is 20.1 Å². The Bertz CT molecular complexity index is 1120. The maximum Gasteiger partial charge on any atom is 0.324 e. The molecule has 0 radical (unpaired) electrons. The van der Waals surface area contributed by atoms with Gasteiger partial charge in [-0.1, -0.05) is 45.1 Å². The quantitative estimate of drug-likeness (QED) is 0.305. The highest BCUT2D eigenvalue weighted by molar-refractivity contribution is 5.93. The van der Waals surface area contributed by atoms with Crippen LogP contribution in [0.4, 0.5) is 0 Å². The van der Waals surface area contributed by atoms with Crippen molar-refractivity contribution in [3.8, 4) is 5.75 Å². The number of rotatable bonds is 4. The molecule has 43 heavy (non-hydrogen) atoms. The number of hydrazine groups is 1. The van der Waals surface area contributed by atoms with Crippen LogP contribution in [0.15, 0.2) is 36.4 Å². The molecule has 3 amide bonds. The van der Waals surface area contributed by atoms with Crippen LogP contribution in [0.3, 0.4) is 0 Å². The van der Waals surface area contributed by atoms with Crippen molar-refractivity contribution in [3.05, 3.63) is 42.0 Å². The van der Waals surface area contributed by atoms with Gasteiger partial charge in [0.25, 0.3) is 5.91 Å². The summed E-state index contributed by atoms with van der Waals surface area (Å²) in [5, 5.41) is 17.1. The molecule has 1 aromatic rings. The largest absolute Gasteiger partial charge is 0.508 e. The zero-order valence-corrected chi connectivity index (χ0v) is 25.8.